The van der Waals surface area contributed by atoms with Crippen LogP contribution in [0.5, 0.6) is 0 Å². The summed E-state index contributed by atoms with van der Waals surface area (Å²) in [5.74, 6) is -0.298. The molecule has 68 valence electrons. The lowest BCUT2D eigenvalue weighted by atomic mass is 10.2. The van der Waals surface area contributed by atoms with Crippen LogP contribution in [-0.2, 0) is 14.3 Å². The van der Waals surface area contributed by atoms with E-state index >= 15 is 0 Å². The molecule has 0 aliphatic carbocycles. The van der Waals surface area contributed by atoms with Crippen molar-refractivity contribution in [2.24, 2.45) is 0 Å². The third-order valence-electron chi connectivity index (χ3n) is 1.88. The van der Waals surface area contributed by atoms with Crippen LogP contribution in [0.4, 0.5) is 0 Å². The molecule has 1 aliphatic heterocycles. The summed E-state index contributed by atoms with van der Waals surface area (Å²) in [5, 5.41) is 0. The lowest BCUT2D eigenvalue weighted by Crippen LogP contribution is -2.02. The highest BCUT2D eigenvalue weighted by atomic mass is 16.5. The Labute approximate surface area is 72.4 Å². The second kappa shape index (κ2) is 4.93. The summed E-state index contributed by atoms with van der Waals surface area (Å²) in [4.78, 5) is 10.6. The third kappa shape index (κ3) is 3.05. The van der Waals surface area contributed by atoms with Crippen LogP contribution >= 0.6 is 0 Å². The highest BCUT2D eigenvalue weighted by Crippen LogP contribution is 2.15. The minimum atomic E-state index is -0.298. The molecule has 12 heavy (non-hydrogen) atoms. The zero-order valence-corrected chi connectivity index (χ0v) is 7.29. The molecular formula is C9H14O3. The lowest BCUT2D eigenvalue weighted by Gasteiger charge is -2.03. The molecule has 0 spiro atoms. The second-order valence-electron chi connectivity index (χ2n) is 2.80. The van der Waals surface area contributed by atoms with Gasteiger partial charge >= 0.3 is 5.97 Å². The van der Waals surface area contributed by atoms with Crippen LogP contribution in [0.3, 0.4) is 0 Å². The molecule has 0 N–H and O–H groups in total. The maximum absolute atomic E-state index is 10.6. The average Bonchev–Trinajstić information content (AvgIpc) is 2.57. The number of esters is 1. The maximum atomic E-state index is 10.6. The monoisotopic (exact) mass is 170 g/mol. The van der Waals surface area contributed by atoms with Crippen LogP contribution in [-0.4, -0.2) is 25.8 Å². The zero-order valence-electron chi connectivity index (χ0n) is 7.29. The predicted molar refractivity (Wildman–Crippen MR) is 44.7 cm³/mol. The first-order valence-corrected chi connectivity index (χ1v) is 4.19. The summed E-state index contributed by atoms with van der Waals surface area (Å²) < 4.78 is 9.81. The van der Waals surface area contributed by atoms with E-state index in [-0.39, 0.29) is 5.97 Å². The average molecular weight is 170 g/mol. The highest BCUT2D eigenvalue weighted by molar-refractivity contribution is 5.81. The van der Waals surface area contributed by atoms with Crippen molar-refractivity contribution >= 4 is 5.97 Å². The molecule has 1 rings (SSSR count). The van der Waals surface area contributed by atoms with Gasteiger partial charge in [0.25, 0.3) is 0 Å². The fourth-order valence-corrected chi connectivity index (χ4v) is 1.21. The number of hydrogen-bond acceptors (Lipinski definition) is 3. The summed E-state index contributed by atoms with van der Waals surface area (Å²) in [6, 6.07) is 0. The van der Waals surface area contributed by atoms with Crippen molar-refractivity contribution in [3.05, 3.63) is 12.2 Å². The number of carbonyl (C=O) groups is 1. The Balaban J connectivity index is 2.15. The summed E-state index contributed by atoms with van der Waals surface area (Å²) in [6.45, 7) is 0.858. The first-order chi connectivity index (χ1) is 5.83. The first-order valence-electron chi connectivity index (χ1n) is 4.19. The Morgan fingerprint density at radius 2 is 2.58 bits per heavy atom. The van der Waals surface area contributed by atoms with E-state index in [0.717, 1.165) is 25.9 Å². The lowest BCUT2D eigenvalue weighted by molar-refractivity contribution is -0.134. The van der Waals surface area contributed by atoms with Crippen molar-refractivity contribution in [1.82, 2.24) is 0 Å². The van der Waals surface area contributed by atoms with Gasteiger partial charge in [0.1, 0.15) is 0 Å². The largest absolute Gasteiger partial charge is 0.466 e. The number of methoxy groups -OCH3 is 1. The number of hydrogen-bond donors (Lipinski definition) is 0. The third-order valence-corrected chi connectivity index (χ3v) is 1.88. The predicted octanol–water partition coefficient (Wildman–Crippen LogP) is 1.28. The smallest absolute Gasteiger partial charge is 0.330 e. The van der Waals surface area contributed by atoms with E-state index in [1.807, 2.05) is 6.08 Å². The number of carbonyl (C=O) groups excluding carboxylic acids is 1. The SMILES string of the molecule is COC(=O)C=CCC1CCCO1. The van der Waals surface area contributed by atoms with E-state index in [1.165, 1.54) is 13.2 Å². The molecule has 1 unspecified atom stereocenters. The van der Waals surface area contributed by atoms with Gasteiger partial charge in [-0.1, -0.05) is 6.08 Å². The van der Waals surface area contributed by atoms with E-state index in [0.29, 0.717) is 6.10 Å². The Morgan fingerprint density at radius 3 is 3.17 bits per heavy atom. The van der Waals surface area contributed by atoms with Crippen LogP contribution in [0, 0.1) is 0 Å². The van der Waals surface area contributed by atoms with E-state index < -0.39 is 0 Å². The van der Waals surface area contributed by atoms with E-state index in [2.05, 4.69) is 4.74 Å². The van der Waals surface area contributed by atoms with Gasteiger partial charge in [-0.15, -0.1) is 0 Å². The fraction of sp³-hybridized carbons (Fsp3) is 0.667. The first kappa shape index (κ1) is 9.26. The molecule has 0 amide bonds. The van der Waals surface area contributed by atoms with Crippen LogP contribution in [0.2, 0.25) is 0 Å². The summed E-state index contributed by atoms with van der Waals surface area (Å²) >= 11 is 0. The zero-order chi connectivity index (χ0) is 8.81. The van der Waals surface area contributed by atoms with E-state index in [9.17, 15) is 4.79 Å². The molecule has 1 fully saturated rings. The second-order valence-corrected chi connectivity index (χ2v) is 2.80. The quantitative estimate of drug-likeness (QED) is 0.473. The van der Waals surface area contributed by atoms with Gasteiger partial charge in [0.2, 0.25) is 0 Å². The van der Waals surface area contributed by atoms with Gasteiger partial charge in [-0.05, 0) is 19.3 Å². The van der Waals surface area contributed by atoms with Gasteiger partial charge in [-0.3, -0.25) is 0 Å². The Morgan fingerprint density at radius 1 is 1.75 bits per heavy atom. The van der Waals surface area contributed by atoms with Gasteiger partial charge in [0, 0.05) is 12.7 Å². The Bertz CT molecular complexity index is 169. The van der Waals surface area contributed by atoms with Crippen molar-refractivity contribution in [1.29, 1.82) is 0 Å². The molecule has 3 heteroatoms. The molecule has 0 saturated carbocycles. The molecule has 1 saturated heterocycles. The van der Waals surface area contributed by atoms with Crippen LogP contribution < -0.4 is 0 Å². The molecule has 0 aromatic heterocycles. The van der Waals surface area contributed by atoms with Gasteiger partial charge in [-0.25, -0.2) is 4.79 Å². The van der Waals surface area contributed by atoms with Crippen molar-refractivity contribution < 1.29 is 14.3 Å². The van der Waals surface area contributed by atoms with E-state index in [4.69, 9.17) is 4.74 Å². The topological polar surface area (TPSA) is 35.5 Å². The summed E-state index contributed by atoms with van der Waals surface area (Å²) in [6.07, 6.45) is 6.62. The summed E-state index contributed by atoms with van der Waals surface area (Å²) in [7, 11) is 1.37. The van der Waals surface area contributed by atoms with Crippen molar-refractivity contribution in [3.8, 4) is 0 Å². The normalized spacial score (nSPS) is 23.2. The molecular weight excluding hydrogens is 156 g/mol. The molecule has 1 aliphatic rings. The van der Waals surface area contributed by atoms with Gasteiger partial charge in [0.05, 0.1) is 13.2 Å². The minimum Gasteiger partial charge on any atom is -0.466 e. The molecule has 0 aromatic carbocycles. The molecule has 0 aromatic rings. The van der Waals surface area contributed by atoms with Crippen molar-refractivity contribution in [2.75, 3.05) is 13.7 Å². The van der Waals surface area contributed by atoms with Crippen LogP contribution in [0.1, 0.15) is 19.3 Å². The fourth-order valence-electron chi connectivity index (χ4n) is 1.21. The molecule has 1 atom stereocenters. The van der Waals surface area contributed by atoms with Crippen LogP contribution in [0.15, 0.2) is 12.2 Å². The standard InChI is InChI=1S/C9H14O3/c1-11-9(10)6-2-4-8-5-3-7-12-8/h2,6,8H,3-5,7H2,1H3. The number of ether oxygens (including phenoxy) is 2. The minimum absolute atomic E-state index is 0.298. The van der Waals surface area contributed by atoms with E-state index in [1.54, 1.807) is 0 Å². The Kier molecular flexibility index (Phi) is 3.80. The maximum Gasteiger partial charge on any atom is 0.330 e. The molecule has 3 nitrogen and oxygen atoms in total. The Hall–Kier alpha value is -0.830. The summed E-state index contributed by atoms with van der Waals surface area (Å²) in [5.41, 5.74) is 0. The van der Waals surface area contributed by atoms with Crippen molar-refractivity contribution in [2.45, 2.75) is 25.4 Å². The van der Waals surface area contributed by atoms with Crippen LogP contribution in [0.25, 0.3) is 0 Å². The van der Waals surface area contributed by atoms with Crippen molar-refractivity contribution in [3.63, 3.8) is 0 Å². The molecule has 0 radical (unpaired) electrons. The molecule has 1 heterocycles. The van der Waals surface area contributed by atoms with Gasteiger partial charge in [0.15, 0.2) is 0 Å². The molecule has 0 bridgehead atoms. The highest BCUT2D eigenvalue weighted by Gasteiger charge is 2.13. The van der Waals surface area contributed by atoms with Gasteiger partial charge < -0.3 is 9.47 Å². The van der Waals surface area contributed by atoms with Gasteiger partial charge in [-0.2, -0.15) is 0 Å². The number of rotatable bonds is 3.